The van der Waals surface area contributed by atoms with E-state index in [0.29, 0.717) is 41.6 Å². The predicted octanol–water partition coefficient (Wildman–Crippen LogP) is 4.51. The molecule has 1 unspecified atom stereocenters. The van der Waals surface area contributed by atoms with E-state index in [0.717, 1.165) is 84.6 Å². The third kappa shape index (κ3) is 7.23. The maximum absolute atomic E-state index is 14.4. The maximum Gasteiger partial charge on any atom is 0.255 e. The number of rotatable bonds is 9. The Hall–Kier alpha value is -5.94. The van der Waals surface area contributed by atoms with Gasteiger partial charge in [0.25, 0.3) is 5.91 Å². The highest BCUT2D eigenvalue weighted by atomic mass is 32.1. The quantitative estimate of drug-likeness (QED) is 0.201. The Labute approximate surface area is 338 Å². The molecule has 0 bridgehead atoms. The van der Waals surface area contributed by atoms with E-state index < -0.39 is 23.9 Å². The van der Waals surface area contributed by atoms with Gasteiger partial charge in [-0.25, -0.2) is 14.4 Å². The van der Waals surface area contributed by atoms with Crippen molar-refractivity contribution in [1.29, 1.82) is 0 Å². The summed E-state index contributed by atoms with van der Waals surface area (Å²) in [4.78, 5) is 58.1. The molecule has 300 valence electrons. The fraction of sp³-hybridized carbons (Fsp3) is 0.390. The molecule has 3 fully saturated rings. The summed E-state index contributed by atoms with van der Waals surface area (Å²) in [5, 5.41) is 11.8. The van der Waals surface area contributed by atoms with Crippen LogP contribution >= 0.6 is 11.3 Å². The number of nitrogens with one attached hydrogen (secondary N) is 1. The summed E-state index contributed by atoms with van der Waals surface area (Å²) < 4.78 is 20.7. The van der Waals surface area contributed by atoms with Gasteiger partial charge in [-0.3, -0.25) is 24.6 Å². The standard InChI is InChI=1S/C41H44FN11O4S/c1-24-37(26-20-35(38(43)44-22-26)57-25(2)32-21-28(42)3-6-33(32)53-45-11-12-46-53)58-41(47-24)51-17-15-50(16-18-51)29-9-13-49(14-10-29)30-4-5-31-27(19-30)23-52(40(31)56)34-7-8-36(54)48-39(34)55/h3-6,11-12,19-22,25,29,34H,7-10,13-18,23H2,1-2H3,(H2,43,44)(H,48,54,55)/t25-,34?/m0/s1. The molecule has 17 heteroatoms. The monoisotopic (exact) mass is 805 g/mol. The first kappa shape index (κ1) is 37.6. The van der Waals surface area contributed by atoms with Gasteiger partial charge in [-0.05, 0) is 81.1 Å². The number of amides is 3. The fourth-order valence-electron chi connectivity index (χ4n) is 8.61. The van der Waals surface area contributed by atoms with Crippen molar-refractivity contribution in [3.63, 3.8) is 0 Å². The first-order valence-electron chi connectivity index (χ1n) is 19.7. The van der Waals surface area contributed by atoms with Crippen molar-refractivity contribution in [3.8, 4) is 21.9 Å². The number of nitrogen functional groups attached to an aromatic ring is 1. The van der Waals surface area contributed by atoms with E-state index >= 15 is 0 Å². The number of imide groups is 1. The number of carbonyl (C=O) groups excluding carboxylic acids is 3. The van der Waals surface area contributed by atoms with Gasteiger partial charge in [-0.2, -0.15) is 15.0 Å². The van der Waals surface area contributed by atoms with Gasteiger partial charge in [0, 0.05) is 86.9 Å². The zero-order valence-electron chi connectivity index (χ0n) is 32.3. The summed E-state index contributed by atoms with van der Waals surface area (Å²) in [7, 11) is 0. The van der Waals surface area contributed by atoms with Crippen LogP contribution in [0.5, 0.6) is 5.75 Å². The molecule has 3 amide bonds. The van der Waals surface area contributed by atoms with E-state index in [4.69, 9.17) is 15.5 Å². The van der Waals surface area contributed by atoms with Crippen molar-refractivity contribution in [1.82, 2.24) is 40.1 Å². The fourth-order valence-corrected chi connectivity index (χ4v) is 9.71. The highest BCUT2D eigenvalue weighted by Crippen LogP contribution is 2.39. The van der Waals surface area contributed by atoms with Crippen molar-refractivity contribution in [2.24, 2.45) is 0 Å². The zero-order valence-corrected chi connectivity index (χ0v) is 33.1. The van der Waals surface area contributed by atoms with Crippen molar-refractivity contribution in [3.05, 3.63) is 89.3 Å². The maximum atomic E-state index is 14.4. The van der Waals surface area contributed by atoms with Crippen LogP contribution < -0.4 is 25.6 Å². The molecule has 0 saturated carbocycles. The number of nitrogens with zero attached hydrogens (tertiary/aromatic N) is 9. The Morgan fingerprint density at radius 2 is 1.72 bits per heavy atom. The molecule has 2 atom stereocenters. The van der Waals surface area contributed by atoms with Crippen LogP contribution in [-0.2, 0) is 16.1 Å². The minimum absolute atomic E-state index is 0.146. The lowest BCUT2D eigenvalue weighted by atomic mass is 10.0. The molecular weight excluding hydrogens is 762 g/mol. The molecule has 5 aromatic rings. The van der Waals surface area contributed by atoms with Crippen LogP contribution in [0, 0.1) is 12.7 Å². The molecule has 4 aliphatic rings. The van der Waals surface area contributed by atoms with Gasteiger partial charge in [0.15, 0.2) is 16.7 Å². The molecule has 0 radical (unpaired) electrons. The van der Waals surface area contributed by atoms with Gasteiger partial charge < -0.3 is 25.2 Å². The second-order valence-corrected chi connectivity index (χ2v) is 16.3. The largest absolute Gasteiger partial charge is 0.482 e. The van der Waals surface area contributed by atoms with Gasteiger partial charge in [0.2, 0.25) is 11.8 Å². The van der Waals surface area contributed by atoms with E-state index in [1.165, 1.54) is 16.9 Å². The molecule has 7 heterocycles. The lowest BCUT2D eigenvalue weighted by Crippen LogP contribution is -2.53. The second-order valence-electron chi connectivity index (χ2n) is 15.3. The Morgan fingerprint density at radius 3 is 2.48 bits per heavy atom. The summed E-state index contributed by atoms with van der Waals surface area (Å²) in [6.45, 7) is 9.71. The van der Waals surface area contributed by atoms with Crippen LogP contribution in [0.1, 0.15) is 65.9 Å². The van der Waals surface area contributed by atoms with Gasteiger partial charge in [0.1, 0.15) is 18.0 Å². The number of halogens is 1. The normalized spacial score (nSPS) is 19.7. The highest BCUT2D eigenvalue weighted by molar-refractivity contribution is 7.19. The van der Waals surface area contributed by atoms with E-state index in [-0.39, 0.29) is 24.1 Å². The van der Waals surface area contributed by atoms with Crippen LogP contribution in [0.3, 0.4) is 0 Å². The van der Waals surface area contributed by atoms with Crippen LogP contribution in [0.4, 0.5) is 21.0 Å². The number of aromatic nitrogens is 5. The average Bonchev–Trinajstić information content (AvgIpc) is 3.98. The van der Waals surface area contributed by atoms with Crippen LogP contribution in [0.15, 0.2) is 61.1 Å². The summed E-state index contributed by atoms with van der Waals surface area (Å²) >= 11 is 1.63. The van der Waals surface area contributed by atoms with Crippen molar-refractivity contribution in [2.45, 2.75) is 64.3 Å². The molecule has 15 nitrogen and oxygen atoms in total. The minimum atomic E-state index is -0.611. The average molecular weight is 806 g/mol. The molecule has 3 saturated heterocycles. The Balaban J connectivity index is 0.801. The summed E-state index contributed by atoms with van der Waals surface area (Å²) in [5.74, 6) is -0.587. The molecule has 3 aromatic heterocycles. The first-order chi connectivity index (χ1) is 28.1. The number of hydrogen-bond donors (Lipinski definition) is 2. The first-order valence-corrected chi connectivity index (χ1v) is 20.5. The van der Waals surface area contributed by atoms with E-state index in [1.54, 1.807) is 40.9 Å². The summed E-state index contributed by atoms with van der Waals surface area (Å²) in [5.41, 5.74) is 11.9. The third-order valence-electron chi connectivity index (χ3n) is 11.7. The van der Waals surface area contributed by atoms with Crippen molar-refractivity contribution < 1.29 is 23.5 Å². The smallest absolute Gasteiger partial charge is 0.255 e. The minimum Gasteiger partial charge on any atom is -0.482 e. The number of piperidine rings is 2. The predicted molar refractivity (Wildman–Crippen MR) is 216 cm³/mol. The Bertz CT molecular complexity index is 2370. The number of thiazole rings is 1. The molecule has 0 aliphatic carbocycles. The lowest BCUT2D eigenvalue weighted by Gasteiger charge is -2.43. The summed E-state index contributed by atoms with van der Waals surface area (Å²) in [6, 6.07) is 12.2. The number of fused-ring (bicyclic) bond motifs is 1. The number of hydrogen-bond acceptors (Lipinski definition) is 13. The number of benzene rings is 2. The van der Waals surface area contributed by atoms with Gasteiger partial charge in [0.05, 0.1) is 28.7 Å². The van der Waals surface area contributed by atoms with Crippen molar-refractivity contribution in [2.75, 3.05) is 54.8 Å². The third-order valence-corrected chi connectivity index (χ3v) is 13.0. The van der Waals surface area contributed by atoms with E-state index in [1.807, 2.05) is 32.0 Å². The number of ether oxygens (including phenoxy) is 1. The number of aryl methyl sites for hydroxylation is 1. The molecular formula is C41H44FN11O4S. The molecule has 58 heavy (non-hydrogen) atoms. The molecule has 4 aliphatic heterocycles. The molecule has 2 aromatic carbocycles. The number of piperazine rings is 1. The zero-order chi connectivity index (χ0) is 40.1. The number of nitrogens with two attached hydrogens (primary N) is 1. The SMILES string of the molecule is Cc1nc(N2CCN(C3CCN(c4ccc5c(c4)CN(C4CCC(=O)NC4=O)C5=O)CC3)CC2)sc1-c1cnc(N)c(O[C@@H](C)c2cc(F)ccc2-n2nccn2)c1. The van der Waals surface area contributed by atoms with Gasteiger partial charge >= 0.3 is 0 Å². The number of carbonyl (C=O) groups is 3. The lowest BCUT2D eigenvalue weighted by molar-refractivity contribution is -0.136. The van der Waals surface area contributed by atoms with Crippen LogP contribution in [0.2, 0.25) is 0 Å². The van der Waals surface area contributed by atoms with E-state index in [2.05, 4.69) is 41.3 Å². The summed E-state index contributed by atoms with van der Waals surface area (Å²) in [6.07, 6.45) is 6.98. The van der Waals surface area contributed by atoms with E-state index in [9.17, 15) is 18.8 Å². The molecule has 0 spiro atoms. The number of anilines is 3. The molecule has 3 N–H and O–H groups in total. The van der Waals surface area contributed by atoms with Crippen LogP contribution in [-0.4, -0.2) is 104 Å². The second kappa shape index (κ2) is 15.4. The molecule has 9 rings (SSSR count). The topological polar surface area (TPSA) is 168 Å². The van der Waals surface area contributed by atoms with Gasteiger partial charge in [-0.1, -0.05) is 11.3 Å². The van der Waals surface area contributed by atoms with Crippen LogP contribution in [0.25, 0.3) is 16.1 Å². The van der Waals surface area contributed by atoms with Crippen molar-refractivity contribution >= 4 is 45.7 Å². The number of pyridine rings is 1. The Morgan fingerprint density at radius 1 is 0.948 bits per heavy atom. The van der Waals surface area contributed by atoms with Gasteiger partial charge in [-0.15, -0.1) is 0 Å². The highest BCUT2D eigenvalue weighted by Gasteiger charge is 2.39. The Kier molecular flexibility index (Phi) is 10.0.